The average molecular weight is 446 g/mol. The van der Waals surface area contributed by atoms with Crippen LogP contribution in [0, 0.1) is 11.3 Å². The quantitative estimate of drug-likeness (QED) is 0.594. The normalized spacial score (nSPS) is 16.5. The Kier molecular flexibility index (Phi) is 6.66. The second-order valence-electron chi connectivity index (χ2n) is 8.17. The van der Waals surface area contributed by atoms with Crippen molar-refractivity contribution < 1.29 is 4.79 Å². The average Bonchev–Trinajstić information content (AvgIpc) is 2.84. The number of H-pyrrole nitrogens is 1. The van der Waals surface area contributed by atoms with E-state index in [0.29, 0.717) is 31.6 Å². The van der Waals surface area contributed by atoms with Gasteiger partial charge >= 0.3 is 0 Å². The molecule has 0 bridgehead atoms. The number of carbonyl (C=O) groups excluding carboxylic acids is 1. The molecule has 9 nitrogen and oxygen atoms in total. The molecule has 1 atom stereocenters. The van der Waals surface area contributed by atoms with Crippen LogP contribution >= 0.6 is 0 Å². The zero-order valence-electron chi connectivity index (χ0n) is 18.8. The molecule has 0 radical (unpaired) electrons. The first kappa shape index (κ1) is 22.4. The number of nitriles is 1. The number of nitrogens with zero attached hydrogens (tertiary/aromatic N) is 5. The summed E-state index contributed by atoms with van der Waals surface area (Å²) in [7, 11) is 1.58. The maximum absolute atomic E-state index is 12.2. The fourth-order valence-corrected chi connectivity index (χ4v) is 4.22. The molecule has 4 heterocycles. The number of hydrogen-bond donors (Lipinski definition) is 2. The molecule has 4 rings (SSSR count). The largest absolute Gasteiger partial charge is 0.367 e. The van der Waals surface area contributed by atoms with Crippen LogP contribution in [0.4, 0.5) is 5.69 Å². The monoisotopic (exact) mass is 445 g/mol. The molecule has 0 spiro atoms. The molecule has 9 heteroatoms. The number of hydrogen-bond acceptors (Lipinski definition) is 7. The summed E-state index contributed by atoms with van der Waals surface area (Å²) in [5.41, 5.74) is 4.47. The van der Waals surface area contributed by atoms with Gasteiger partial charge in [0, 0.05) is 51.0 Å². The summed E-state index contributed by atoms with van der Waals surface area (Å²) in [6, 6.07) is 9.77. The molecule has 170 valence electrons. The van der Waals surface area contributed by atoms with E-state index in [9.17, 15) is 14.9 Å². The lowest BCUT2D eigenvalue weighted by Gasteiger charge is -2.41. The van der Waals surface area contributed by atoms with Crippen molar-refractivity contribution >= 4 is 22.6 Å². The summed E-state index contributed by atoms with van der Waals surface area (Å²) in [5.74, 6) is -0.218. The number of nitrogens with one attached hydrogen (secondary N) is 2. The van der Waals surface area contributed by atoms with Crippen LogP contribution in [-0.2, 0) is 13.0 Å². The van der Waals surface area contributed by atoms with Crippen LogP contribution in [0.2, 0.25) is 0 Å². The van der Waals surface area contributed by atoms with Gasteiger partial charge in [-0.25, -0.2) is 4.98 Å². The van der Waals surface area contributed by atoms with E-state index in [1.165, 1.54) is 0 Å². The Labute approximate surface area is 192 Å². The first-order chi connectivity index (χ1) is 16.0. The smallest absolute Gasteiger partial charge is 0.269 e. The molecular weight excluding hydrogens is 418 g/mol. The molecule has 3 aromatic heterocycles. The number of aryl methyl sites for hydroxylation is 1. The molecule has 1 saturated heterocycles. The van der Waals surface area contributed by atoms with Crippen molar-refractivity contribution in [2.75, 3.05) is 31.6 Å². The molecule has 33 heavy (non-hydrogen) atoms. The maximum Gasteiger partial charge on any atom is 0.269 e. The maximum atomic E-state index is 12.2. The first-order valence-corrected chi connectivity index (χ1v) is 11.1. The van der Waals surface area contributed by atoms with E-state index in [-0.39, 0.29) is 17.5 Å². The van der Waals surface area contributed by atoms with Crippen molar-refractivity contribution in [1.29, 1.82) is 5.26 Å². The number of fused-ring (bicyclic) bond motifs is 1. The number of aromatic amines is 1. The molecule has 0 aliphatic carbocycles. The molecule has 0 unspecified atom stereocenters. The minimum absolute atomic E-state index is 0.0413. The molecule has 0 aromatic carbocycles. The Morgan fingerprint density at radius 1 is 1.27 bits per heavy atom. The van der Waals surface area contributed by atoms with Gasteiger partial charge in [-0.15, -0.1) is 0 Å². The van der Waals surface area contributed by atoms with E-state index in [1.54, 1.807) is 19.3 Å². The van der Waals surface area contributed by atoms with Gasteiger partial charge in [0.05, 0.1) is 35.4 Å². The predicted octanol–water partition coefficient (Wildman–Crippen LogP) is 1.84. The summed E-state index contributed by atoms with van der Waals surface area (Å²) in [6.07, 6.45) is 4.62. The minimum Gasteiger partial charge on any atom is -0.367 e. The lowest BCUT2D eigenvalue weighted by molar-refractivity contribution is 0.0958. The molecular formula is C24H27N7O2. The standard InChI is InChI=1S/C24H27N7O2/c1-3-17-11-21-22(29-23(17)32)10-16(12-27-21)14-30-8-9-31(15-19(30)6-7-25)18-4-5-20(28-13-18)24(33)26-2/h4-5,10-13,19H,3,6,8-9,14-15H2,1-2H3,(H,26,33)(H,29,32)/t19-/m1/s1. The summed E-state index contributed by atoms with van der Waals surface area (Å²) in [6.45, 7) is 4.83. The third-order valence-corrected chi connectivity index (χ3v) is 6.10. The Morgan fingerprint density at radius 3 is 2.82 bits per heavy atom. The van der Waals surface area contributed by atoms with Gasteiger partial charge in [0.15, 0.2) is 0 Å². The number of anilines is 1. The van der Waals surface area contributed by atoms with E-state index in [2.05, 4.69) is 36.1 Å². The first-order valence-electron chi connectivity index (χ1n) is 11.1. The summed E-state index contributed by atoms with van der Waals surface area (Å²) in [4.78, 5) is 40.1. The topological polar surface area (TPSA) is 118 Å². The van der Waals surface area contributed by atoms with Crippen LogP contribution in [-0.4, -0.2) is 58.5 Å². The van der Waals surface area contributed by atoms with Gasteiger partial charge in [0.2, 0.25) is 0 Å². The van der Waals surface area contributed by atoms with Crippen LogP contribution in [0.5, 0.6) is 0 Å². The van der Waals surface area contributed by atoms with E-state index in [0.717, 1.165) is 40.9 Å². The Balaban J connectivity index is 1.49. The van der Waals surface area contributed by atoms with Crippen molar-refractivity contribution in [3.8, 4) is 6.07 Å². The highest BCUT2D eigenvalue weighted by Gasteiger charge is 2.27. The summed E-state index contributed by atoms with van der Waals surface area (Å²) < 4.78 is 0. The Morgan fingerprint density at radius 2 is 2.12 bits per heavy atom. The molecule has 1 amide bonds. The van der Waals surface area contributed by atoms with Crippen molar-refractivity contribution in [3.05, 3.63) is 63.8 Å². The van der Waals surface area contributed by atoms with Crippen molar-refractivity contribution in [3.63, 3.8) is 0 Å². The predicted molar refractivity (Wildman–Crippen MR) is 126 cm³/mol. The third kappa shape index (κ3) is 4.86. The van der Waals surface area contributed by atoms with Crippen molar-refractivity contribution in [1.82, 2.24) is 25.2 Å². The molecule has 2 N–H and O–H groups in total. The SMILES string of the molecule is CCc1cc2ncc(CN3CCN(c4ccc(C(=O)NC)nc4)C[C@H]3CC#N)cc2[nH]c1=O. The highest BCUT2D eigenvalue weighted by Crippen LogP contribution is 2.22. The van der Waals surface area contributed by atoms with Gasteiger partial charge in [-0.2, -0.15) is 5.26 Å². The van der Waals surface area contributed by atoms with E-state index in [4.69, 9.17) is 0 Å². The van der Waals surface area contributed by atoms with Gasteiger partial charge < -0.3 is 15.2 Å². The highest BCUT2D eigenvalue weighted by molar-refractivity contribution is 5.92. The minimum atomic E-state index is -0.218. The molecule has 1 aliphatic heterocycles. The Hall–Kier alpha value is -3.77. The van der Waals surface area contributed by atoms with Crippen molar-refractivity contribution in [2.45, 2.75) is 32.4 Å². The fraction of sp³-hybridized carbons (Fsp3) is 0.375. The summed E-state index contributed by atoms with van der Waals surface area (Å²) >= 11 is 0. The lowest BCUT2D eigenvalue weighted by atomic mass is 10.1. The van der Waals surface area contributed by atoms with Gasteiger partial charge in [-0.05, 0) is 36.2 Å². The molecule has 3 aromatic rings. The van der Waals surface area contributed by atoms with Crippen LogP contribution in [0.15, 0.2) is 41.5 Å². The van der Waals surface area contributed by atoms with Gasteiger partial charge in [0.25, 0.3) is 11.5 Å². The number of pyridine rings is 3. The number of aromatic nitrogens is 3. The Bertz CT molecular complexity index is 1250. The molecule has 0 saturated carbocycles. The third-order valence-electron chi connectivity index (χ3n) is 6.10. The lowest BCUT2D eigenvalue weighted by Crippen LogP contribution is -2.52. The van der Waals surface area contributed by atoms with Crippen LogP contribution in [0.1, 0.15) is 35.0 Å². The van der Waals surface area contributed by atoms with Gasteiger partial charge in [-0.1, -0.05) is 6.92 Å². The fourth-order valence-electron chi connectivity index (χ4n) is 4.22. The number of rotatable bonds is 6. The van der Waals surface area contributed by atoms with Gasteiger partial charge in [-0.3, -0.25) is 19.5 Å². The van der Waals surface area contributed by atoms with Gasteiger partial charge in [0.1, 0.15) is 5.69 Å². The summed E-state index contributed by atoms with van der Waals surface area (Å²) in [5, 5.41) is 12.0. The molecule has 1 fully saturated rings. The van der Waals surface area contributed by atoms with Crippen LogP contribution in [0.25, 0.3) is 11.0 Å². The number of piperazine rings is 1. The van der Waals surface area contributed by atoms with Crippen LogP contribution in [0.3, 0.4) is 0 Å². The molecule has 1 aliphatic rings. The second kappa shape index (κ2) is 9.79. The second-order valence-corrected chi connectivity index (χ2v) is 8.17. The number of amides is 1. The van der Waals surface area contributed by atoms with E-state index >= 15 is 0 Å². The number of carbonyl (C=O) groups is 1. The van der Waals surface area contributed by atoms with E-state index in [1.807, 2.05) is 31.3 Å². The zero-order valence-corrected chi connectivity index (χ0v) is 18.8. The van der Waals surface area contributed by atoms with Crippen LogP contribution < -0.4 is 15.8 Å². The zero-order chi connectivity index (χ0) is 23.4. The highest BCUT2D eigenvalue weighted by atomic mass is 16.1. The van der Waals surface area contributed by atoms with Crippen molar-refractivity contribution in [2.24, 2.45) is 0 Å². The van der Waals surface area contributed by atoms with E-state index < -0.39 is 0 Å².